The summed E-state index contributed by atoms with van der Waals surface area (Å²) in [6.45, 7) is 3.20. The van der Waals surface area contributed by atoms with Crippen molar-refractivity contribution in [1.29, 1.82) is 0 Å². The second-order valence-electron chi connectivity index (χ2n) is 5.11. The molecule has 0 bridgehead atoms. The molecule has 2 N–H and O–H groups in total. The van der Waals surface area contributed by atoms with Crippen LogP contribution in [0.4, 0.5) is 0 Å². The third-order valence-corrected chi connectivity index (χ3v) is 5.30. The Morgan fingerprint density at radius 1 is 1.42 bits per heavy atom. The van der Waals surface area contributed by atoms with Crippen molar-refractivity contribution < 1.29 is 8.42 Å². The Labute approximate surface area is 119 Å². The Morgan fingerprint density at radius 2 is 2.11 bits per heavy atom. The van der Waals surface area contributed by atoms with Gasteiger partial charge in [-0.3, -0.25) is 0 Å². The smallest absolute Gasteiger partial charge is 0.240 e. The molecule has 0 amide bonds. The number of halogens is 1. The highest BCUT2D eigenvalue weighted by molar-refractivity contribution is 7.89. The molecule has 106 valence electrons. The quantitative estimate of drug-likeness (QED) is 0.845. The summed E-state index contributed by atoms with van der Waals surface area (Å²) in [5.74, 6) is 1.12. The van der Waals surface area contributed by atoms with Crippen LogP contribution < -0.4 is 10.0 Å². The molecule has 1 aromatic rings. The first-order valence-corrected chi connectivity index (χ1v) is 8.23. The van der Waals surface area contributed by atoms with Crippen LogP contribution in [0.5, 0.6) is 0 Å². The van der Waals surface area contributed by atoms with Crippen molar-refractivity contribution in [3.63, 3.8) is 0 Å². The van der Waals surface area contributed by atoms with E-state index in [-0.39, 0.29) is 4.90 Å². The van der Waals surface area contributed by atoms with Gasteiger partial charge in [-0.1, -0.05) is 18.5 Å². The number of rotatable bonds is 6. The first-order valence-electron chi connectivity index (χ1n) is 6.36. The Kier molecular flexibility index (Phi) is 4.50. The van der Waals surface area contributed by atoms with E-state index < -0.39 is 10.0 Å². The molecule has 19 heavy (non-hydrogen) atoms. The van der Waals surface area contributed by atoms with E-state index >= 15 is 0 Å². The summed E-state index contributed by atoms with van der Waals surface area (Å²) >= 11 is 6.03. The third kappa shape index (κ3) is 3.69. The van der Waals surface area contributed by atoms with Crippen LogP contribution in [-0.2, 0) is 16.6 Å². The lowest BCUT2D eigenvalue weighted by Gasteiger charge is -2.09. The second kappa shape index (κ2) is 5.79. The molecule has 0 aliphatic heterocycles. The van der Waals surface area contributed by atoms with Crippen LogP contribution >= 0.6 is 11.6 Å². The first kappa shape index (κ1) is 14.8. The number of hydrogen-bond donors (Lipinski definition) is 2. The molecule has 0 spiro atoms. The average molecular weight is 303 g/mol. The maximum absolute atomic E-state index is 12.2. The van der Waals surface area contributed by atoms with Gasteiger partial charge in [0.05, 0.1) is 4.90 Å². The Morgan fingerprint density at radius 3 is 2.68 bits per heavy atom. The monoisotopic (exact) mass is 302 g/mol. The van der Waals surface area contributed by atoms with E-state index in [1.54, 1.807) is 25.2 Å². The molecule has 2 rings (SSSR count). The second-order valence-corrected chi connectivity index (χ2v) is 7.28. The highest BCUT2D eigenvalue weighted by atomic mass is 35.5. The van der Waals surface area contributed by atoms with Crippen LogP contribution in [0.3, 0.4) is 0 Å². The zero-order chi connectivity index (χ0) is 14.0. The van der Waals surface area contributed by atoms with Gasteiger partial charge in [0.1, 0.15) is 0 Å². The fourth-order valence-corrected chi connectivity index (χ4v) is 3.36. The minimum Gasteiger partial charge on any atom is -0.316 e. The van der Waals surface area contributed by atoms with Gasteiger partial charge < -0.3 is 5.32 Å². The molecule has 6 heteroatoms. The molecule has 1 aromatic carbocycles. The van der Waals surface area contributed by atoms with Gasteiger partial charge in [0.15, 0.2) is 0 Å². The summed E-state index contributed by atoms with van der Waals surface area (Å²) in [4.78, 5) is 0.274. The average Bonchev–Trinajstić information content (AvgIpc) is 3.06. The maximum atomic E-state index is 12.2. The SMILES string of the molecule is CNCc1cc(S(=O)(=O)NCC2CC2C)ccc1Cl. The first-order chi connectivity index (χ1) is 8.94. The lowest BCUT2D eigenvalue weighted by atomic mass is 10.2. The molecule has 1 fully saturated rings. The Balaban J connectivity index is 2.12. The van der Waals surface area contributed by atoms with Crippen LogP contribution in [0.2, 0.25) is 5.02 Å². The van der Waals surface area contributed by atoms with E-state index in [0.717, 1.165) is 12.0 Å². The fraction of sp³-hybridized carbons (Fsp3) is 0.538. The van der Waals surface area contributed by atoms with Gasteiger partial charge in [-0.05, 0) is 49.1 Å². The highest BCUT2D eigenvalue weighted by Crippen LogP contribution is 2.37. The molecular weight excluding hydrogens is 284 g/mol. The summed E-state index contributed by atoms with van der Waals surface area (Å²) in [5.41, 5.74) is 0.784. The summed E-state index contributed by atoms with van der Waals surface area (Å²) in [7, 11) is -1.64. The molecule has 0 radical (unpaired) electrons. The molecule has 0 aromatic heterocycles. The molecule has 1 aliphatic carbocycles. The van der Waals surface area contributed by atoms with E-state index in [2.05, 4.69) is 17.0 Å². The molecule has 0 saturated heterocycles. The normalized spacial score (nSPS) is 22.5. The summed E-state index contributed by atoms with van der Waals surface area (Å²) < 4.78 is 27.0. The van der Waals surface area contributed by atoms with Gasteiger partial charge in [0.2, 0.25) is 10.0 Å². The number of hydrogen-bond acceptors (Lipinski definition) is 3. The van der Waals surface area contributed by atoms with E-state index in [9.17, 15) is 8.42 Å². The maximum Gasteiger partial charge on any atom is 0.240 e. The van der Waals surface area contributed by atoms with Crippen LogP contribution in [0.15, 0.2) is 23.1 Å². The van der Waals surface area contributed by atoms with Gasteiger partial charge in [-0.2, -0.15) is 0 Å². The summed E-state index contributed by atoms with van der Waals surface area (Å²) in [6.07, 6.45) is 1.11. The van der Waals surface area contributed by atoms with E-state index in [1.165, 1.54) is 0 Å². The molecule has 1 saturated carbocycles. The van der Waals surface area contributed by atoms with Crippen LogP contribution in [0.1, 0.15) is 18.9 Å². The molecular formula is C13H19ClN2O2S. The van der Waals surface area contributed by atoms with Crippen molar-refractivity contribution in [2.24, 2.45) is 11.8 Å². The van der Waals surface area contributed by atoms with Crippen molar-refractivity contribution >= 4 is 21.6 Å². The van der Waals surface area contributed by atoms with E-state index in [1.807, 2.05) is 0 Å². The Bertz CT molecular complexity index is 560. The van der Waals surface area contributed by atoms with E-state index in [0.29, 0.717) is 29.9 Å². The van der Waals surface area contributed by atoms with Crippen molar-refractivity contribution in [1.82, 2.24) is 10.0 Å². The number of nitrogens with one attached hydrogen (secondary N) is 2. The highest BCUT2D eigenvalue weighted by Gasteiger charge is 2.33. The van der Waals surface area contributed by atoms with E-state index in [4.69, 9.17) is 11.6 Å². The number of benzene rings is 1. The van der Waals surface area contributed by atoms with Crippen molar-refractivity contribution in [3.8, 4) is 0 Å². The molecule has 1 aliphatic rings. The fourth-order valence-electron chi connectivity index (χ4n) is 2.03. The number of sulfonamides is 1. The van der Waals surface area contributed by atoms with Gasteiger partial charge in [0.25, 0.3) is 0 Å². The lowest BCUT2D eigenvalue weighted by molar-refractivity contribution is 0.574. The van der Waals surface area contributed by atoms with Crippen LogP contribution in [0, 0.1) is 11.8 Å². The zero-order valence-electron chi connectivity index (χ0n) is 11.1. The summed E-state index contributed by atoms with van der Waals surface area (Å²) in [6, 6.07) is 4.79. The zero-order valence-corrected chi connectivity index (χ0v) is 12.7. The van der Waals surface area contributed by atoms with Crippen molar-refractivity contribution in [3.05, 3.63) is 28.8 Å². The minimum atomic E-state index is -3.43. The summed E-state index contributed by atoms with van der Waals surface area (Å²) in [5, 5.41) is 3.54. The molecule has 0 heterocycles. The third-order valence-electron chi connectivity index (χ3n) is 3.51. The van der Waals surface area contributed by atoms with Crippen LogP contribution in [0.25, 0.3) is 0 Å². The van der Waals surface area contributed by atoms with Gasteiger partial charge in [-0.15, -0.1) is 0 Å². The molecule has 2 atom stereocenters. The molecule has 2 unspecified atom stereocenters. The van der Waals surface area contributed by atoms with Crippen molar-refractivity contribution in [2.45, 2.75) is 24.8 Å². The lowest BCUT2D eigenvalue weighted by Crippen LogP contribution is -2.26. The van der Waals surface area contributed by atoms with Gasteiger partial charge in [-0.25, -0.2) is 13.1 Å². The minimum absolute atomic E-state index is 0.274. The molecule has 4 nitrogen and oxygen atoms in total. The standard InChI is InChI=1S/C13H19ClN2O2S/c1-9-5-10(9)8-16-19(17,18)12-3-4-13(14)11(6-12)7-15-2/h3-4,6,9-10,15-16H,5,7-8H2,1-2H3. The largest absolute Gasteiger partial charge is 0.316 e. The van der Waals surface area contributed by atoms with Gasteiger partial charge in [0, 0.05) is 18.1 Å². The topological polar surface area (TPSA) is 58.2 Å². The Hall–Kier alpha value is -0.620. The van der Waals surface area contributed by atoms with Crippen molar-refractivity contribution in [2.75, 3.05) is 13.6 Å². The van der Waals surface area contributed by atoms with Crippen LogP contribution in [-0.4, -0.2) is 22.0 Å². The predicted octanol–water partition coefficient (Wildman–Crippen LogP) is 1.99. The van der Waals surface area contributed by atoms with Gasteiger partial charge >= 0.3 is 0 Å². The predicted molar refractivity (Wildman–Crippen MR) is 76.7 cm³/mol.